The van der Waals surface area contributed by atoms with Crippen LogP contribution in [0.3, 0.4) is 0 Å². The van der Waals surface area contributed by atoms with E-state index in [0.717, 1.165) is 11.8 Å². The van der Waals surface area contributed by atoms with Crippen molar-refractivity contribution in [1.29, 1.82) is 5.26 Å². The van der Waals surface area contributed by atoms with Gasteiger partial charge in [0.25, 0.3) is 0 Å². The third kappa shape index (κ3) is 0.900. The van der Waals surface area contributed by atoms with Gasteiger partial charge in [-0.1, -0.05) is 39.0 Å². The molecule has 0 heterocycles. The largest absolute Gasteiger partial charge is 0.198 e. The summed E-state index contributed by atoms with van der Waals surface area (Å²) in [5, 5.41) is 9.12. The molecule has 0 bridgehead atoms. The number of nitriles is 1. The molecular weight excluding hydrogens is 170 g/mol. The number of hydrogen-bond acceptors (Lipinski definition) is 1. The van der Waals surface area contributed by atoms with Crippen LogP contribution in [0.2, 0.25) is 0 Å². The highest BCUT2D eigenvalue weighted by molar-refractivity contribution is 5.42. The quantitative estimate of drug-likeness (QED) is 0.652. The second-order valence-electron chi connectivity index (χ2n) is 5.97. The summed E-state index contributed by atoms with van der Waals surface area (Å²) in [5.41, 5.74) is 0.643. The Kier molecular flexibility index (Phi) is 1.59. The van der Waals surface area contributed by atoms with Crippen LogP contribution in [0.1, 0.15) is 51.9 Å². The van der Waals surface area contributed by atoms with E-state index in [9.17, 15) is 0 Å². The fourth-order valence-corrected chi connectivity index (χ4v) is 3.98. The Balaban J connectivity index is 1.58. The molecule has 3 saturated carbocycles. The second-order valence-corrected chi connectivity index (χ2v) is 5.97. The van der Waals surface area contributed by atoms with Gasteiger partial charge in [-0.3, -0.25) is 0 Å². The van der Waals surface area contributed by atoms with Gasteiger partial charge in [-0.2, -0.15) is 5.26 Å². The Morgan fingerprint density at radius 2 is 2.00 bits per heavy atom. The van der Waals surface area contributed by atoms with Crippen molar-refractivity contribution in [3.63, 3.8) is 0 Å². The SMILES string of the molecule is CC12CC1(C#N)C2CC1CCCCC1. The Morgan fingerprint density at radius 1 is 1.29 bits per heavy atom. The Bertz CT molecular complexity index is 297. The maximum Gasteiger partial charge on any atom is 0.0699 e. The smallest absolute Gasteiger partial charge is 0.0699 e. The van der Waals surface area contributed by atoms with Crippen LogP contribution < -0.4 is 0 Å². The molecule has 0 aromatic heterocycles. The van der Waals surface area contributed by atoms with Gasteiger partial charge in [0, 0.05) is 0 Å². The number of fused-ring (bicyclic) bond motifs is 1. The summed E-state index contributed by atoms with van der Waals surface area (Å²) >= 11 is 0. The first-order valence-corrected chi connectivity index (χ1v) is 6.14. The van der Waals surface area contributed by atoms with Crippen LogP contribution in [0.5, 0.6) is 0 Å². The lowest BCUT2D eigenvalue weighted by molar-refractivity contribution is 0.286. The molecule has 3 unspecified atom stereocenters. The van der Waals surface area contributed by atoms with E-state index in [4.69, 9.17) is 5.26 Å². The van der Waals surface area contributed by atoms with Crippen LogP contribution in [0, 0.1) is 34.0 Å². The first kappa shape index (κ1) is 8.77. The molecule has 1 heteroatoms. The number of nitrogens with zero attached hydrogens (tertiary/aromatic N) is 1. The van der Waals surface area contributed by atoms with Gasteiger partial charge in [0.2, 0.25) is 0 Å². The number of hydrogen-bond donors (Lipinski definition) is 0. The minimum absolute atomic E-state index is 0.171. The molecule has 3 aliphatic rings. The van der Waals surface area contributed by atoms with Crippen molar-refractivity contribution in [2.45, 2.75) is 51.9 Å². The Morgan fingerprint density at radius 3 is 2.50 bits per heavy atom. The predicted molar refractivity (Wildman–Crippen MR) is 55.5 cm³/mol. The summed E-state index contributed by atoms with van der Waals surface area (Å²) in [6.07, 6.45) is 9.77. The third-order valence-electron chi connectivity index (χ3n) is 5.31. The normalized spacial score (nSPS) is 50.7. The molecule has 3 aliphatic carbocycles. The van der Waals surface area contributed by atoms with Crippen molar-refractivity contribution in [2.75, 3.05) is 0 Å². The molecular formula is C13H19N. The van der Waals surface area contributed by atoms with E-state index in [0.29, 0.717) is 5.41 Å². The second kappa shape index (κ2) is 2.54. The molecule has 0 amide bonds. The molecule has 0 aliphatic heterocycles. The highest BCUT2D eigenvalue weighted by atomic mass is 14.9. The molecule has 0 aromatic carbocycles. The van der Waals surface area contributed by atoms with E-state index in [-0.39, 0.29) is 5.41 Å². The molecule has 0 aromatic rings. The van der Waals surface area contributed by atoms with Crippen molar-refractivity contribution in [1.82, 2.24) is 0 Å². The van der Waals surface area contributed by atoms with Crippen LogP contribution in [0.15, 0.2) is 0 Å². The highest BCUT2D eigenvalue weighted by Crippen LogP contribution is 2.90. The van der Waals surface area contributed by atoms with Gasteiger partial charge in [0.15, 0.2) is 0 Å². The lowest BCUT2D eigenvalue weighted by Gasteiger charge is -2.23. The molecule has 14 heavy (non-hydrogen) atoms. The summed E-state index contributed by atoms with van der Waals surface area (Å²) in [6, 6.07) is 2.57. The van der Waals surface area contributed by atoms with Crippen LogP contribution in [0.4, 0.5) is 0 Å². The summed E-state index contributed by atoms with van der Waals surface area (Å²) in [7, 11) is 0. The number of rotatable bonds is 2. The monoisotopic (exact) mass is 189 g/mol. The Labute approximate surface area is 86.5 Å². The van der Waals surface area contributed by atoms with Gasteiger partial charge in [0.1, 0.15) is 0 Å². The predicted octanol–water partition coefficient (Wildman–Crippen LogP) is 3.51. The standard InChI is InChI=1S/C13H19N/c1-12-8-13(12,9-14)11(12)7-10-5-3-2-4-6-10/h10-11H,2-8H2,1H3. The van der Waals surface area contributed by atoms with E-state index in [2.05, 4.69) is 13.0 Å². The van der Waals surface area contributed by atoms with Gasteiger partial charge in [0.05, 0.1) is 11.5 Å². The van der Waals surface area contributed by atoms with Gasteiger partial charge >= 0.3 is 0 Å². The van der Waals surface area contributed by atoms with Crippen molar-refractivity contribution in [3.8, 4) is 6.07 Å². The molecule has 3 rings (SSSR count). The first-order valence-electron chi connectivity index (χ1n) is 6.14. The van der Waals surface area contributed by atoms with E-state index in [1.807, 2.05) is 0 Å². The zero-order chi connectivity index (χ0) is 9.81. The molecule has 0 saturated heterocycles. The third-order valence-corrected chi connectivity index (χ3v) is 5.31. The molecule has 3 fully saturated rings. The van der Waals surface area contributed by atoms with Crippen molar-refractivity contribution in [2.24, 2.45) is 22.7 Å². The summed E-state index contributed by atoms with van der Waals surface area (Å²) in [4.78, 5) is 0. The van der Waals surface area contributed by atoms with Crippen molar-refractivity contribution in [3.05, 3.63) is 0 Å². The van der Waals surface area contributed by atoms with E-state index in [1.165, 1.54) is 44.9 Å². The fourth-order valence-electron chi connectivity index (χ4n) is 3.98. The summed E-state index contributed by atoms with van der Waals surface area (Å²) in [6.45, 7) is 2.32. The van der Waals surface area contributed by atoms with Crippen LogP contribution in [-0.2, 0) is 0 Å². The fraction of sp³-hybridized carbons (Fsp3) is 0.923. The van der Waals surface area contributed by atoms with Crippen molar-refractivity contribution < 1.29 is 0 Å². The lowest BCUT2D eigenvalue weighted by Crippen LogP contribution is -2.11. The lowest BCUT2D eigenvalue weighted by atomic mass is 9.82. The van der Waals surface area contributed by atoms with Gasteiger partial charge < -0.3 is 0 Å². The molecule has 0 N–H and O–H groups in total. The molecule has 3 atom stereocenters. The van der Waals surface area contributed by atoms with E-state index >= 15 is 0 Å². The van der Waals surface area contributed by atoms with Gasteiger partial charge in [-0.05, 0) is 30.1 Å². The average molecular weight is 189 g/mol. The molecule has 76 valence electrons. The zero-order valence-electron chi connectivity index (χ0n) is 9.05. The topological polar surface area (TPSA) is 23.8 Å². The minimum Gasteiger partial charge on any atom is -0.198 e. The van der Waals surface area contributed by atoms with Gasteiger partial charge in [-0.15, -0.1) is 0 Å². The van der Waals surface area contributed by atoms with E-state index in [1.54, 1.807) is 0 Å². The summed E-state index contributed by atoms with van der Waals surface area (Å²) in [5.74, 6) is 1.74. The minimum atomic E-state index is 0.171. The van der Waals surface area contributed by atoms with Gasteiger partial charge in [-0.25, -0.2) is 0 Å². The van der Waals surface area contributed by atoms with Crippen LogP contribution >= 0.6 is 0 Å². The van der Waals surface area contributed by atoms with E-state index < -0.39 is 0 Å². The maximum absolute atomic E-state index is 9.12. The zero-order valence-corrected chi connectivity index (χ0v) is 9.05. The Hall–Kier alpha value is -0.510. The molecule has 1 nitrogen and oxygen atoms in total. The average Bonchev–Trinajstić information content (AvgIpc) is 3.00. The summed E-state index contributed by atoms with van der Waals surface area (Å²) < 4.78 is 0. The molecule has 0 radical (unpaired) electrons. The van der Waals surface area contributed by atoms with Crippen molar-refractivity contribution >= 4 is 0 Å². The van der Waals surface area contributed by atoms with Crippen LogP contribution in [-0.4, -0.2) is 0 Å². The van der Waals surface area contributed by atoms with Crippen LogP contribution in [0.25, 0.3) is 0 Å². The molecule has 0 spiro atoms. The highest BCUT2D eigenvalue weighted by Gasteiger charge is 2.88. The first-order chi connectivity index (χ1) is 6.73. The maximum atomic E-state index is 9.12.